The van der Waals surface area contributed by atoms with E-state index in [0.717, 1.165) is 49.4 Å². The molecule has 0 spiro atoms. The molecule has 0 aromatic heterocycles. The second-order valence-electron chi connectivity index (χ2n) is 13.0. The Morgan fingerprint density at radius 1 is 0.933 bits per heavy atom. The molecule has 0 aliphatic heterocycles. The highest BCUT2D eigenvalue weighted by atomic mass is 16.3. The fourth-order valence-electron chi connectivity index (χ4n) is 8.94. The predicted octanol–water partition coefficient (Wildman–Crippen LogP) is 6.89. The number of ketones is 1. The van der Waals surface area contributed by atoms with Gasteiger partial charge in [-0.25, -0.2) is 0 Å². The molecule has 2 heteroatoms. The van der Waals surface area contributed by atoms with Crippen molar-refractivity contribution in [1.29, 1.82) is 0 Å². The van der Waals surface area contributed by atoms with Gasteiger partial charge in [-0.05, 0) is 97.2 Å². The molecule has 4 aliphatic rings. The largest absolute Gasteiger partial charge is 0.393 e. The molecular formula is C28H48O2. The average Bonchev–Trinajstić information content (AvgIpc) is 3.04. The zero-order valence-corrected chi connectivity index (χ0v) is 20.6. The molecule has 4 fully saturated rings. The predicted molar refractivity (Wildman–Crippen MR) is 124 cm³/mol. The topological polar surface area (TPSA) is 37.3 Å². The van der Waals surface area contributed by atoms with Crippen molar-refractivity contribution < 1.29 is 9.90 Å². The van der Waals surface area contributed by atoms with E-state index in [2.05, 4.69) is 41.5 Å². The second kappa shape index (κ2) is 8.20. The summed E-state index contributed by atoms with van der Waals surface area (Å²) >= 11 is 0. The first kappa shape index (κ1) is 22.8. The quantitative estimate of drug-likeness (QED) is 0.529. The monoisotopic (exact) mass is 416 g/mol. The van der Waals surface area contributed by atoms with E-state index in [9.17, 15) is 9.90 Å². The number of hydrogen-bond acceptors (Lipinski definition) is 2. The number of rotatable bonds is 5. The van der Waals surface area contributed by atoms with E-state index in [1.807, 2.05) is 0 Å². The lowest BCUT2D eigenvalue weighted by Crippen LogP contribution is -2.57. The molecule has 0 radical (unpaired) electrons. The normalized spacial score (nSPS) is 48.1. The highest BCUT2D eigenvalue weighted by Crippen LogP contribution is 2.67. The maximum atomic E-state index is 13.5. The van der Waals surface area contributed by atoms with Crippen molar-refractivity contribution in [1.82, 2.24) is 0 Å². The maximum Gasteiger partial charge on any atom is 0.136 e. The Labute approximate surface area is 186 Å². The first-order valence-electron chi connectivity index (χ1n) is 13.3. The molecule has 30 heavy (non-hydrogen) atoms. The third-order valence-corrected chi connectivity index (χ3v) is 11.4. The van der Waals surface area contributed by atoms with Crippen LogP contribution < -0.4 is 0 Å². The summed E-state index contributed by atoms with van der Waals surface area (Å²) in [5.74, 6) is 5.66. The fourth-order valence-corrected chi connectivity index (χ4v) is 8.94. The summed E-state index contributed by atoms with van der Waals surface area (Å²) in [5, 5.41) is 10.2. The van der Waals surface area contributed by atoms with Crippen molar-refractivity contribution in [2.24, 2.45) is 58.2 Å². The summed E-state index contributed by atoms with van der Waals surface area (Å²) in [4.78, 5) is 13.5. The molecular weight excluding hydrogens is 368 g/mol. The van der Waals surface area contributed by atoms with Gasteiger partial charge >= 0.3 is 0 Å². The molecule has 1 N–H and O–H groups in total. The molecule has 172 valence electrons. The van der Waals surface area contributed by atoms with Crippen LogP contribution in [0.5, 0.6) is 0 Å². The number of hydrogen-bond donors (Lipinski definition) is 1. The maximum absolute atomic E-state index is 13.5. The Bertz CT molecular complexity index is 641. The van der Waals surface area contributed by atoms with Crippen LogP contribution in [0.1, 0.15) is 106 Å². The van der Waals surface area contributed by atoms with Crippen LogP contribution in [-0.2, 0) is 4.79 Å². The number of aliphatic hydroxyl groups excluding tert-OH is 1. The van der Waals surface area contributed by atoms with E-state index in [0.29, 0.717) is 34.9 Å². The Morgan fingerprint density at radius 3 is 2.30 bits per heavy atom. The standard InChI is InChI=1S/C28H48O2/c1-17(2)18(3)7-8-19(4)22-9-10-23-26-24(12-14-28(22,23)6)27(5)13-11-21(29)15-20(27)16-25(26)30/h17-24,26,29H,7-16H2,1-6H3. The third-order valence-electron chi connectivity index (χ3n) is 11.4. The first-order valence-corrected chi connectivity index (χ1v) is 13.3. The van der Waals surface area contributed by atoms with Crippen LogP contribution in [0.15, 0.2) is 0 Å². The fraction of sp³-hybridized carbons (Fsp3) is 0.964. The van der Waals surface area contributed by atoms with Crippen molar-refractivity contribution in [2.75, 3.05) is 0 Å². The number of carbonyl (C=O) groups is 1. The van der Waals surface area contributed by atoms with Gasteiger partial charge in [0.2, 0.25) is 0 Å². The molecule has 0 heterocycles. The summed E-state index contributed by atoms with van der Waals surface area (Å²) in [7, 11) is 0. The van der Waals surface area contributed by atoms with Crippen LogP contribution in [0.4, 0.5) is 0 Å². The van der Waals surface area contributed by atoms with E-state index < -0.39 is 0 Å². The van der Waals surface area contributed by atoms with Gasteiger partial charge in [-0.2, -0.15) is 0 Å². The number of fused-ring (bicyclic) bond motifs is 5. The Kier molecular flexibility index (Phi) is 6.23. The van der Waals surface area contributed by atoms with Crippen molar-refractivity contribution in [2.45, 2.75) is 112 Å². The van der Waals surface area contributed by atoms with Crippen molar-refractivity contribution in [3.63, 3.8) is 0 Å². The highest BCUT2D eigenvalue weighted by Gasteiger charge is 2.62. The molecule has 0 aromatic rings. The highest BCUT2D eigenvalue weighted by molar-refractivity contribution is 5.83. The summed E-state index contributed by atoms with van der Waals surface area (Å²) < 4.78 is 0. The average molecular weight is 417 g/mol. The lowest BCUT2D eigenvalue weighted by atomic mass is 9.44. The summed E-state index contributed by atoms with van der Waals surface area (Å²) in [6, 6.07) is 0. The molecule has 0 aromatic carbocycles. The molecule has 0 saturated heterocycles. The Balaban J connectivity index is 1.51. The third kappa shape index (κ3) is 3.61. The lowest BCUT2D eigenvalue weighted by Gasteiger charge is -2.60. The molecule has 2 nitrogen and oxygen atoms in total. The second-order valence-corrected chi connectivity index (χ2v) is 13.0. The first-order chi connectivity index (χ1) is 14.1. The van der Waals surface area contributed by atoms with Gasteiger partial charge in [0, 0.05) is 12.3 Å². The molecule has 4 rings (SSSR count). The van der Waals surface area contributed by atoms with E-state index in [-0.39, 0.29) is 11.5 Å². The van der Waals surface area contributed by atoms with Gasteiger partial charge < -0.3 is 5.11 Å². The van der Waals surface area contributed by atoms with Gasteiger partial charge in [0.25, 0.3) is 0 Å². The lowest BCUT2D eigenvalue weighted by molar-refractivity contribution is -0.160. The van der Waals surface area contributed by atoms with Gasteiger partial charge in [-0.3, -0.25) is 4.79 Å². The van der Waals surface area contributed by atoms with E-state index in [1.54, 1.807) is 0 Å². The SMILES string of the molecule is CC(C)C(C)CCC(C)C1CCC2C3C(=O)CC4CC(O)CCC4(C)C3CCC12C. The van der Waals surface area contributed by atoms with E-state index >= 15 is 0 Å². The van der Waals surface area contributed by atoms with Crippen molar-refractivity contribution >= 4 is 5.78 Å². The minimum atomic E-state index is -0.175. The summed E-state index contributed by atoms with van der Waals surface area (Å²) in [6.07, 6.45) is 11.4. The van der Waals surface area contributed by atoms with Crippen LogP contribution >= 0.6 is 0 Å². The van der Waals surface area contributed by atoms with Crippen LogP contribution in [0, 0.1) is 58.2 Å². The number of aliphatic hydroxyl groups is 1. The van der Waals surface area contributed by atoms with Gasteiger partial charge in [-0.1, -0.05) is 54.4 Å². The van der Waals surface area contributed by atoms with Crippen LogP contribution in [0.25, 0.3) is 0 Å². The smallest absolute Gasteiger partial charge is 0.136 e. The van der Waals surface area contributed by atoms with Crippen molar-refractivity contribution in [3.05, 3.63) is 0 Å². The number of carbonyl (C=O) groups excluding carboxylic acids is 1. The van der Waals surface area contributed by atoms with Gasteiger partial charge in [0.1, 0.15) is 5.78 Å². The molecule has 4 aliphatic carbocycles. The van der Waals surface area contributed by atoms with Gasteiger partial charge in [-0.15, -0.1) is 0 Å². The summed E-state index contributed by atoms with van der Waals surface area (Å²) in [6.45, 7) is 14.7. The Hall–Kier alpha value is -0.370. The van der Waals surface area contributed by atoms with E-state index in [4.69, 9.17) is 0 Å². The molecule has 0 bridgehead atoms. The van der Waals surface area contributed by atoms with Gasteiger partial charge in [0.05, 0.1) is 6.10 Å². The van der Waals surface area contributed by atoms with Gasteiger partial charge in [0.15, 0.2) is 0 Å². The minimum absolute atomic E-state index is 0.175. The minimum Gasteiger partial charge on any atom is -0.393 e. The molecule has 4 saturated carbocycles. The van der Waals surface area contributed by atoms with Crippen LogP contribution in [0.3, 0.4) is 0 Å². The zero-order chi connectivity index (χ0) is 21.8. The Morgan fingerprint density at radius 2 is 1.60 bits per heavy atom. The van der Waals surface area contributed by atoms with Crippen LogP contribution in [0.2, 0.25) is 0 Å². The molecule has 10 unspecified atom stereocenters. The van der Waals surface area contributed by atoms with E-state index in [1.165, 1.54) is 38.5 Å². The van der Waals surface area contributed by atoms with Crippen LogP contribution in [-0.4, -0.2) is 17.0 Å². The molecule has 0 amide bonds. The molecule has 10 atom stereocenters. The number of Topliss-reactive ketones (excluding diaryl/α,β-unsaturated/α-hetero) is 1. The zero-order valence-electron chi connectivity index (χ0n) is 20.6. The summed E-state index contributed by atoms with van der Waals surface area (Å²) in [5.41, 5.74) is 0.657. The van der Waals surface area contributed by atoms with Crippen molar-refractivity contribution in [3.8, 4) is 0 Å².